The minimum absolute atomic E-state index is 0.123. The summed E-state index contributed by atoms with van der Waals surface area (Å²) in [6.07, 6.45) is -0.0907. The topological polar surface area (TPSA) is 82.1 Å². The van der Waals surface area contributed by atoms with Gasteiger partial charge in [-0.15, -0.1) is 0 Å². The van der Waals surface area contributed by atoms with Gasteiger partial charge in [-0.3, -0.25) is 9.59 Å². The van der Waals surface area contributed by atoms with Crippen LogP contribution in [0.3, 0.4) is 0 Å². The molecule has 1 N–H and O–H groups in total. The summed E-state index contributed by atoms with van der Waals surface area (Å²) in [6.45, 7) is 3.88. The first-order chi connectivity index (χ1) is 9.06. The molecule has 0 amide bonds. The molecule has 0 aromatic rings. The van der Waals surface area contributed by atoms with Gasteiger partial charge in [0.1, 0.15) is 6.10 Å². The highest BCUT2D eigenvalue weighted by Gasteiger charge is 2.34. The van der Waals surface area contributed by atoms with Crippen molar-refractivity contribution < 1.29 is 28.9 Å². The lowest BCUT2D eigenvalue weighted by molar-refractivity contribution is -0.230. The number of aliphatic hydroxyl groups is 1. The average molecular weight is 274 g/mol. The van der Waals surface area contributed by atoms with Gasteiger partial charge in [-0.1, -0.05) is 13.8 Å². The lowest BCUT2D eigenvalue weighted by atomic mass is 10.1. The van der Waals surface area contributed by atoms with E-state index >= 15 is 0 Å². The highest BCUT2D eigenvalue weighted by molar-refractivity contribution is 5.70. The summed E-state index contributed by atoms with van der Waals surface area (Å²) in [6, 6.07) is 0. The Morgan fingerprint density at radius 1 is 1.16 bits per heavy atom. The van der Waals surface area contributed by atoms with Gasteiger partial charge in [0, 0.05) is 19.3 Å². The van der Waals surface area contributed by atoms with Crippen LogP contribution in [-0.2, 0) is 23.8 Å². The highest BCUT2D eigenvalue weighted by atomic mass is 16.7. The van der Waals surface area contributed by atoms with Gasteiger partial charge in [0.05, 0.1) is 6.61 Å². The van der Waals surface area contributed by atoms with Gasteiger partial charge < -0.3 is 19.3 Å². The maximum atomic E-state index is 11.4. The zero-order valence-electron chi connectivity index (χ0n) is 11.5. The Kier molecular flexibility index (Phi) is 6.80. The van der Waals surface area contributed by atoms with Crippen LogP contribution in [-0.4, -0.2) is 42.1 Å². The SMILES string of the molecule is CCCC(=O)O[C@@H]1COC(O)[C@H](OC(=O)CCC)C1. The highest BCUT2D eigenvalue weighted by Crippen LogP contribution is 2.19. The Hall–Kier alpha value is -1.14. The van der Waals surface area contributed by atoms with Gasteiger partial charge in [0.2, 0.25) is 0 Å². The first kappa shape index (κ1) is 15.9. The minimum atomic E-state index is -1.15. The van der Waals surface area contributed by atoms with E-state index in [1.165, 1.54) is 0 Å². The predicted molar refractivity (Wildman–Crippen MR) is 66.2 cm³/mol. The molecule has 1 saturated heterocycles. The molecule has 0 bridgehead atoms. The molecule has 0 aromatic heterocycles. The van der Waals surface area contributed by atoms with Crippen LogP contribution in [0.1, 0.15) is 46.0 Å². The van der Waals surface area contributed by atoms with Gasteiger partial charge >= 0.3 is 11.9 Å². The molecule has 19 heavy (non-hydrogen) atoms. The van der Waals surface area contributed by atoms with E-state index < -0.39 is 18.5 Å². The van der Waals surface area contributed by atoms with Crippen molar-refractivity contribution in [2.45, 2.75) is 64.4 Å². The summed E-state index contributed by atoms with van der Waals surface area (Å²) in [5, 5.41) is 9.60. The second kappa shape index (κ2) is 8.12. The summed E-state index contributed by atoms with van der Waals surface area (Å²) in [4.78, 5) is 22.8. The van der Waals surface area contributed by atoms with Crippen molar-refractivity contribution in [1.82, 2.24) is 0 Å². The third-order valence-electron chi connectivity index (χ3n) is 2.76. The Bertz CT molecular complexity index is 304. The standard InChI is InChI=1S/C13H22O6/c1-3-5-11(14)18-9-7-10(13(16)17-8-9)19-12(15)6-4-2/h9-10,13,16H,3-8H2,1-2H3/t9-,10+,13?/m0/s1. The number of carbonyl (C=O) groups is 2. The summed E-state index contributed by atoms with van der Waals surface area (Å²) in [7, 11) is 0. The van der Waals surface area contributed by atoms with E-state index in [0.717, 1.165) is 0 Å². The third kappa shape index (κ3) is 5.57. The van der Waals surface area contributed by atoms with E-state index in [-0.39, 0.29) is 25.0 Å². The molecule has 1 aliphatic rings. The second-order valence-electron chi connectivity index (χ2n) is 4.60. The smallest absolute Gasteiger partial charge is 0.306 e. The van der Waals surface area contributed by atoms with Crippen LogP contribution in [0.5, 0.6) is 0 Å². The van der Waals surface area contributed by atoms with Crippen LogP contribution < -0.4 is 0 Å². The molecule has 1 heterocycles. The Morgan fingerprint density at radius 3 is 2.32 bits per heavy atom. The number of aliphatic hydroxyl groups excluding tert-OH is 1. The molecule has 1 aliphatic heterocycles. The fourth-order valence-electron chi connectivity index (χ4n) is 1.83. The molecule has 0 saturated carbocycles. The normalized spacial score (nSPS) is 26.8. The number of hydrogen-bond donors (Lipinski definition) is 1. The lowest BCUT2D eigenvalue weighted by Gasteiger charge is -2.32. The molecule has 6 nitrogen and oxygen atoms in total. The van der Waals surface area contributed by atoms with Crippen LogP contribution in [0.25, 0.3) is 0 Å². The van der Waals surface area contributed by atoms with Crippen molar-refractivity contribution in [3.05, 3.63) is 0 Å². The fraction of sp³-hybridized carbons (Fsp3) is 0.846. The zero-order chi connectivity index (χ0) is 14.3. The van der Waals surface area contributed by atoms with Gasteiger partial charge in [-0.05, 0) is 12.8 Å². The van der Waals surface area contributed by atoms with Crippen LogP contribution in [0, 0.1) is 0 Å². The molecule has 0 spiro atoms. The van der Waals surface area contributed by atoms with Crippen molar-refractivity contribution in [2.75, 3.05) is 6.61 Å². The van der Waals surface area contributed by atoms with Gasteiger partial charge in [0.25, 0.3) is 0 Å². The van der Waals surface area contributed by atoms with E-state index in [4.69, 9.17) is 14.2 Å². The molecule has 3 atom stereocenters. The van der Waals surface area contributed by atoms with Gasteiger partial charge in [0.15, 0.2) is 12.4 Å². The number of ether oxygens (including phenoxy) is 3. The molecule has 1 unspecified atom stereocenters. The predicted octanol–water partition coefficient (Wildman–Crippen LogP) is 1.15. The summed E-state index contributed by atoms with van der Waals surface area (Å²) >= 11 is 0. The largest absolute Gasteiger partial charge is 0.460 e. The average Bonchev–Trinajstić information content (AvgIpc) is 2.34. The molecule has 6 heteroatoms. The van der Waals surface area contributed by atoms with E-state index in [2.05, 4.69) is 0 Å². The zero-order valence-corrected chi connectivity index (χ0v) is 11.5. The van der Waals surface area contributed by atoms with Crippen molar-refractivity contribution in [3.8, 4) is 0 Å². The van der Waals surface area contributed by atoms with Crippen LogP contribution in [0.2, 0.25) is 0 Å². The molecule has 1 rings (SSSR count). The molecular formula is C13H22O6. The van der Waals surface area contributed by atoms with Crippen molar-refractivity contribution in [3.63, 3.8) is 0 Å². The fourth-order valence-corrected chi connectivity index (χ4v) is 1.83. The van der Waals surface area contributed by atoms with Crippen LogP contribution >= 0.6 is 0 Å². The number of esters is 2. The van der Waals surface area contributed by atoms with E-state index in [0.29, 0.717) is 25.7 Å². The van der Waals surface area contributed by atoms with Gasteiger partial charge in [-0.25, -0.2) is 0 Å². The van der Waals surface area contributed by atoms with Crippen molar-refractivity contribution in [2.24, 2.45) is 0 Å². The van der Waals surface area contributed by atoms with Crippen LogP contribution in [0.15, 0.2) is 0 Å². The molecule has 0 aliphatic carbocycles. The summed E-state index contributed by atoms with van der Waals surface area (Å²) < 4.78 is 15.4. The molecular weight excluding hydrogens is 252 g/mol. The van der Waals surface area contributed by atoms with Crippen LogP contribution in [0.4, 0.5) is 0 Å². The van der Waals surface area contributed by atoms with E-state index in [1.807, 2.05) is 13.8 Å². The summed E-state index contributed by atoms with van der Waals surface area (Å²) in [5.41, 5.74) is 0. The second-order valence-corrected chi connectivity index (χ2v) is 4.60. The van der Waals surface area contributed by atoms with E-state index in [9.17, 15) is 14.7 Å². The number of carbonyl (C=O) groups excluding carboxylic acids is 2. The number of rotatable bonds is 6. The third-order valence-corrected chi connectivity index (χ3v) is 2.76. The van der Waals surface area contributed by atoms with Crippen molar-refractivity contribution in [1.29, 1.82) is 0 Å². The van der Waals surface area contributed by atoms with Gasteiger partial charge in [-0.2, -0.15) is 0 Å². The Labute approximate surface area is 113 Å². The monoisotopic (exact) mass is 274 g/mol. The Balaban J connectivity index is 2.43. The molecule has 110 valence electrons. The maximum Gasteiger partial charge on any atom is 0.306 e. The van der Waals surface area contributed by atoms with Crippen molar-refractivity contribution >= 4 is 11.9 Å². The lowest BCUT2D eigenvalue weighted by Crippen LogP contribution is -2.45. The first-order valence-electron chi connectivity index (χ1n) is 6.75. The maximum absolute atomic E-state index is 11.4. The molecule has 1 fully saturated rings. The first-order valence-corrected chi connectivity index (χ1v) is 6.75. The summed E-state index contributed by atoms with van der Waals surface area (Å²) in [5.74, 6) is -0.679. The molecule has 0 radical (unpaired) electrons. The van der Waals surface area contributed by atoms with E-state index in [1.54, 1.807) is 0 Å². The minimum Gasteiger partial charge on any atom is -0.460 e. The number of hydrogen-bond acceptors (Lipinski definition) is 6. The molecule has 0 aromatic carbocycles. The quantitative estimate of drug-likeness (QED) is 0.732. The Morgan fingerprint density at radius 2 is 1.74 bits per heavy atom.